The van der Waals surface area contributed by atoms with Gasteiger partial charge in [0, 0.05) is 25.4 Å². The number of amides is 1. The van der Waals surface area contributed by atoms with E-state index >= 15 is 0 Å². The predicted molar refractivity (Wildman–Crippen MR) is 73.3 cm³/mol. The average Bonchev–Trinajstić information content (AvgIpc) is 2.48. The summed E-state index contributed by atoms with van der Waals surface area (Å²) in [4.78, 5) is 14.0. The summed E-state index contributed by atoms with van der Waals surface area (Å²) in [5.74, 6) is -0.513. The van der Waals surface area contributed by atoms with E-state index in [-0.39, 0.29) is 28.9 Å². The molecule has 0 saturated carbocycles. The zero-order chi connectivity index (χ0) is 14.7. The topological polar surface area (TPSA) is 93.4 Å². The van der Waals surface area contributed by atoms with Crippen LogP contribution in [-0.4, -0.2) is 45.0 Å². The highest BCUT2D eigenvalue weighted by Crippen LogP contribution is 2.26. The van der Waals surface area contributed by atoms with Crippen molar-refractivity contribution in [3.8, 4) is 11.5 Å². The van der Waals surface area contributed by atoms with E-state index < -0.39 is 0 Å². The second kappa shape index (κ2) is 5.81. The van der Waals surface area contributed by atoms with Crippen LogP contribution in [-0.2, 0) is 0 Å². The molecule has 1 fully saturated rings. The molecular formula is C14H18N2O4. The van der Waals surface area contributed by atoms with Gasteiger partial charge in [0.25, 0.3) is 5.91 Å². The zero-order valence-corrected chi connectivity index (χ0v) is 11.3. The van der Waals surface area contributed by atoms with Crippen molar-refractivity contribution in [3.05, 3.63) is 23.8 Å². The number of carbonyl (C=O) groups excluding carboxylic acids is 1. The molecule has 0 bridgehead atoms. The number of hydrogen-bond donors (Lipinski definition) is 3. The maximum atomic E-state index is 12.4. The van der Waals surface area contributed by atoms with Crippen molar-refractivity contribution in [2.45, 2.75) is 19.8 Å². The number of rotatable bonds is 2. The van der Waals surface area contributed by atoms with Gasteiger partial charge in [-0.15, -0.1) is 0 Å². The van der Waals surface area contributed by atoms with E-state index in [1.165, 1.54) is 18.2 Å². The summed E-state index contributed by atoms with van der Waals surface area (Å²) in [7, 11) is 0. The number of phenols is 2. The highest BCUT2D eigenvalue weighted by atomic mass is 16.4. The van der Waals surface area contributed by atoms with Gasteiger partial charge in [-0.05, 0) is 24.6 Å². The lowest BCUT2D eigenvalue weighted by Crippen LogP contribution is -2.44. The first kappa shape index (κ1) is 14.2. The second-order valence-electron chi connectivity index (χ2n) is 4.90. The smallest absolute Gasteiger partial charge is 0.257 e. The van der Waals surface area contributed by atoms with E-state index in [9.17, 15) is 15.0 Å². The quantitative estimate of drug-likeness (QED) is 0.437. The largest absolute Gasteiger partial charge is 0.508 e. The lowest BCUT2D eigenvalue weighted by molar-refractivity contribution is 0.0725. The Hall–Kier alpha value is -2.24. The van der Waals surface area contributed by atoms with Crippen LogP contribution in [0.15, 0.2) is 23.4 Å². The van der Waals surface area contributed by atoms with Crippen molar-refractivity contribution in [2.24, 2.45) is 11.1 Å². The molecule has 1 saturated heterocycles. The van der Waals surface area contributed by atoms with Gasteiger partial charge in [0.05, 0.1) is 11.3 Å². The molecule has 1 aliphatic heterocycles. The summed E-state index contributed by atoms with van der Waals surface area (Å²) in [5, 5.41) is 31.4. The van der Waals surface area contributed by atoms with Gasteiger partial charge in [-0.2, -0.15) is 0 Å². The Kier molecular flexibility index (Phi) is 4.12. The van der Waals surface area contributed by atoms with E-state index in [4.69, 9.17) is 5.21 Å². The van der Waals surface area contributed by atoms with Crippen LogP contribution in [0, 0.1) is 5.92 Å². The summed E-state index contributed by atoms with van der Waals surface area (Å²) in [6.07, 6.45) is 1.29. The van der Waals surface area contributed by atoms with E-state index in [0.717, 1.165) is 6.42 Å². The Morgan fingerprint density at radius 3 is 2.85 bits per heavy atom. The molecule has 2 rings (SSSR count). The monoisotopic (exact) mass is 278 g/mol. The number of hydrogen-bond acceptors (Lipinski definition) is 5. The Morgan fingerprint density at radius 1 is 1.45 bits per heavy atom. The van der Waals surface area contributed by atoms with Crippen molar-refractivity contribution in [2.75, 3.05) is 13.1 Å². The van der Waals surface area contributed by atoms with Gasteiger partial charge in [-0.1, -0.05) is 12.1 Å². The molecule has 108 valence electrons. The summed E-state index contributed by atoms with van der Waals surface area (Å²) >= 11 is 0. The Morgan fingerprint density at radius 2 is 2.20 bits per heavy atom. The standard InChI is InChI=1S/C14H18N2O4/c1-2-9-8-16(6-5-12(9)15-20)14(19)11-7-10(17)3-4-13(11)18/h3-4,7,9,17-18,20H,2,5-6,8H2,1H3/b15-12+. The third-order valence-corrected chi connectivity index (χ3v) is 3.67. The molecule has 3 N–H and O–H groups in total. The van der Waals surface area contributed by atoms with Crippen LogP contribution < -0.4 is 0 Å². The van der Waals surface area contributed by atoms with Crippen LogP contribution in [0.1, 0.15) is 30.1 Å². The van der Waals surface area contributed by atoms with Crippen molar-refractivity contribution in [1.29, 1.82) is 0 Å². The van der Waals surface area contributed by atoms with Crippen LogP contribution in [0.4, 0.5) is 0 Å². The highest BCUT2D eigenvalue weighted by Gasteiger charge is 2.29. The molecule has 1 unspecified atom stereocenters. The van der Waals surface area contributed by atoms with Crippen LogP contribution >= 0.6 is 0 Å². The third kappa shape index (κ3) is 2.68. The molecule has 1 heterocycles. The lowest BCUT2D eigenvalue weighted by Gasteiger charge is -2.33. The first-order chi connectivity index (χ1) is 9.56. The number of piperidine rings is 1. The van der Waals surface area contributed by atoms with Gasteiger partial charge in [-0.3, -0.25) is 4.79 Å². The minimum absolute atomic E-state index is 0.0251. The molecule has 1 atom stereocenters. The number of phenolic OH excluding ortho intramolecular Hbond substituents is 2. The second-order valence-corrected chi connectivity index (χ2v) is 4.90. The number of benzene rings is 1. The van der Waals surface area contributed by atoms with Gasteiger partial charge in [0.2, 0.25) is 0 Å². The molecule has 1 aromatic rings. The SMILES string of the molecule is CCC1CN(C(=O)c2cc(O)ccc2O)CC/C1=N\O. The fourth-order valence-corrected chi connectivity index (χ4v) is 2.46. The van der Waals surface area contributed by atoms with Crippen LogP contribution in [0.5, 0.6) is 11.5 Å². The number of oxime groups is 1. The highest BCUT2D eigenvalue weighted by molar-refractivity contribution is 5.98. The summed E-state index contributed by atoms with van der Waals surface area (Å²) < 4.78 is 0. The van der Waals surface area contributed by atoms with E-state index in [2.05, 4.69) is 5.16 Å². The summed E-state index contributed by atoms with van der Waals surface area (Å²) in [6, 6.07) is 3.88. The van der Waals surface area contributed by atoms with Crippen LogP contribution in [0.25, 0.3) is 0 Å². The number of likely N-dealkylation sites (tertiary alicyclic amines) is 1. The van der Waals surface area contributed by atoms with E-state index in [0.29, 0.717) is 25.2 Å². The van der Waals surface area contributed by atoms with E-state index in [1.54, 1.807) is 4.90 Å². The molecule has 0 spiro atoms. The molecule has 6 heteroatoms. The van der Waals surface area contributed by atoms with Gasteiger partial charge < -0.3 is 20.3 Å². The maximum Gasteiger partial charge on any atom is 0.257 e. The maximum absolute atomic E-state index is 12.4. The molecule has 20 heavy (non-hydrogen) atoms. The van der Waals surface area contributed by atoms with Crippen molar-refractivity contribution in [1.82, 2.24) is 4.90 Å². The molecule has 1 aromatic carbocycles. The Labute approximate surface area is 116 Å². The molecule has 1 amide bonds. The Bertz CT molecular complexity index is 542. The van der Waals surface area contributed by atoms with E-state index in [1.807, 2.05) is 6.92 Å². The summed E-state index contributed by atoms with van der Waals surface area (Å²) in [6.45, 7) is 2.85. The fraction of sp³-hybridized carbons (Fsp3) is 0.429. The van der Waals surface area contributed by atoms with Crippen molar-refractivity contribution in [3.63, 3.8) is 0 Å². The number of carbonyl (C=O) groups is 1. The predicted octanol–water partition coefficient (Wildman–Crippen LogP) is 1.80. The zero-order valence-electron chi connectivity index (χ0n) is 11.3. The normalized spacial score (nSPS) is 21.1. The number of nitrogens with zero attached hydrogens (tertiary/aromatic N) is 2. The Balaban J connectivity index is 2.20. The third-order valence-electron chi connectivity index (χ3n) is 3.67. The molecule has 0 aromatic heterocycles. The first-order valence-corrected chi connectivity index (χ1v) is 6.58. The first-order valence-electron chi connectivity index (χ1n) is 6.58. The van der Waals surface area contributed by atoms with Gasteiger partial charge in [0.1, 0.15) is 11.5 Å². The molecule has 6 nitrogen and oxygen atoms in total. The van der Waals surface area contributed by atoms with Gasteiger partial charge >= 0.3 is 0 Å². The van der Waals surface area contributed by atoms with Gasteiger partial charge in [-0.25, -0.2) is 0 Å². The minimum Gasteiger partial charge on any atom is -0.508 e. The lowest BCUT2D eigenvalue weighted by atomic mass is 9.93. The molecule has 1 aliphatic rings. The molecule has 0 radical (unpaired) electrons. The van der Waals surface area contributed by atoms with Crippen LogP contribution in [0.2, 0.25) is 0 Å². The van der Waals surface area contributed by atoms with Crippen molar-refractivity contribution >= 4 is 11.6 Å². The fourth-order valence-electron chi connectivity index (χ4n) is 2.46. The van der Waals surface area contributed by atoms with Gasteiger partial charge in [0.15, 0.2) is 0 Å². The summed E-state index contributed by atoms with van der Waals surface area (Å²) in [5.41, 5.74) is 0.793. The number of aromatic hydroxyl groups is 2. The van der Waals surface area contributed by atoms with Crippen LogP contribution in [0.3, 0.4) is 0 Å². The minimum atomic E-state index is -0.325. The molecule has 0 aliphatic carbocycles. The molecular weight excluding hydrogens is 260 g/mol. The average molecular weight is 278 g/mol. The van der Waals surface area contributed by atoms with Crippen molar-refractivity contribution < 1.29 is 20.2 Å².